The summed E-state index contributed by atoms with van der Waals surface area (Å²) in [5, 5.41) is 2.21. The van der Waals surface area contributed by atoms with E-state index in [1.54, 1.807) is 29.4 Å². The molecule has 0 bridgehead atoms. The number of rotatable bonds is 2. The minimum Gasteiger partial charge on any atom is -0.468 e. The van der Waals surface area contributed by atoms with Gasteiger partial charge < -0.3 is 4.42 Å². The van der Waals surface area contributed by atoms with Crippen molar-refractivity contribution in [3.8, 4) is 0 Å². The van der Waals surface area contributed by atoms with Gasteiger partial charge >= 0.3 is 0 Å². The molecule has 3 rings (SSSR count). The van der Waals surface area contributed by atoms with Crippen LogP contribution in [0.5, 0.6) is 0 Å². The SMILES string of the molecule is Cc1cc2c(Sc3ccoc3C)nc(Cl)nc2s1. The van der Waals surface area contributed by atoms with Gasteiger partial charge in [0, 0.05) is 10.3 Å². The highest BCUT2D eigenvalue weighted by Gasteiger charge is 2.13. The fourth-order valence-corrected chi connectivity index (χ4v) is 3.79. The second-order valence-corrected chi connectivity index (χ2v) is 6.42. The lowest BCUT2D eigenvalue weighted by molar-refractivity contribution is 0.527. The first kappa shape index (κ1) is 12.0. The maximum atomic E-state index is 5.96. The number of aryl methyl sites for hydroxylation is 2. The molecule has 0 aliphatic carbocycles. The second kappa shape index (κ2) is 4.57. The molecule has 0 unspecified atom stereocenters. The van der Waals surface area contributed by atoms with Gasteiger partial charge in [0.2, 0.25) is 5.28 Å². The van der Waals surface area contributed by atoms with Crippen molar-refractivity contribution in [3.63, 3.8) is 0 Å². The van der Waals surface area contributed by atoms with Crippen molar-refractivity contribution in [1.82, 2.24) is 9.97 Å². The third-order valence-electron chi connectivity index (χ3n) is 2.47. The molecule has 6 heteroatoms. The number of hydrogen-bond donors (Lipinski definition) is 0. The van der Waals surface area contributed by atoms with Crippen molar-refractivity contribution in [2.24, 2.45) is 0 Å². The normalized spacial score (nSPS) is 11.3. The van der Waals surface area contributed by atoms with Gasteiger partial charge in [-0.2, -0.15) is 0 Å². The molecule has 3 aromatic rings. The molecule has 0 fully saturated rings. The Balaban J connectivity index is 2.13. The average molecular weight is 297 g/mol. The summed E-state index contributed by atoms with van der Waals surface area (Å²) in [6.07, 6.45) is 1.68. The highest BCUT2D eigenvalue weighted by Crippen LogP contribution is 2.37. The Morgan fingerprint density at radius 2 is 2.17 bits per heavy atom. The van der Waals surface area contributed by atoms with E-state index in [4.69, 9.17) is 16.0 Å². The molecule has 0 radical (unpaired) electrons. The van der Waals surface area contributed by atoms with Gasteiger partial charge in [-0.25, -0.2) is 9.97 Å². The van der Waals surface area contributed by atoms with E-state index in [1.807, 2.05) is 13.0 Å². The zero-order valence-electron chi connectivity index (χ0n) is 9.73. The molecule has 3 heterocycles. The van der Waals surface area contributed by atoms with Gasteiger partial charge in [0.15, 0.2) is 0 Å². The van der Waals surface area contributed by atoms with Crippen LogP contribution in [0.3, 0.4) is 0 Å². The van der Waals surface area contributed by atoms with E-state index in [-0.39, 0.29) is 5.28 Å². The molecule has 0 N–H and O–H groups in total. The molecule has 0 aliphatic rings. The van der Waals surface area contributed by atoms with E-state index in [0.29, 0.717) is 0 Å². The number of fused-ring (bicyclic) bond motifs is 1. The summed E-state index contributed by atoms with van der Waals surface area (Å²) < 4.78 is 5.29. The lowest BCUT2D eigenvalue weighted by atomic mass is 10.4. The Morgan fingerprint density at radius 3 is 2.89 bits per heavy atom. The molecule has 3 aromatic heterocycles. The summed E-state index contributed by atoms with van der Waals surface area (Å²) in [4.78, 5) is 11.7. The molecule has 18 heavy (non-hydrogen) atoms. The molecule has 0 aliphatic heterocycles. The van der Waals surface area contributed by atoms with Gasteiger partial charge in [0.25, 0.3) is 0 Å². The molecular formula is C12H9ClN2OS2. The monoisotopic (exact) mass is 296 g/mol. The molecule has 0 aromatic carbocycles. The second-order valence-electron chi connectivity index (χ2n) is 3.82. The van der Waals surface area contributed by atoms with Crippen LogP contribution in [0.15, 0.2) is 32.7 Å². The summed E-state index contributed by atoms with van der Waals surface area (Å²) in [6, 6.07) is 4.02. The first-order valence-electron chi connectivity index (χ1n) is 5.29. The highest BCUT2D eigenvalue weighted by atomic mass is 35.5. The van der Waals surface area contributed by atoms with Crippen LogP contribution < -0.4 is 0 Å². The smallest absolute Gasteiger partial charge is 0.224 e. The van der Waals surface area contributed by atoms with E-state index in [2.05, 4.69) is 23.0 Å². The van der Waals surface area contributed by atoms with Crippen molar-refractivity contribution in [2.75, 3.05) is 0 Å². The van der Waals surface area contributed by atoms with E-state index in [1.165, 1.54) is 4.88 Å². The molecule has 0 saturated carbocycles. The van der Waals surface area contributed by atoms with Crippen molar-refractivity contribution in [3.05, 3.63) is 34.3 Å². The van der Waals surface area contributed by atoms with Gasteiger partial charge in [0.1, 0.15) is 15.6 Å². The molecule has 92 valence electrons. The number of aromatic nitrogens is 2. The highest BCUT2D eigenvalue weighted by molar-refractivity contribution is 7.99. The molecular weight excluding hydrogens is 288 g/mol. The average Bonchev–Trinajstić information content (AvgIpc) is 2.85. The van der Waals surface area contributed by atoms with Crippen LogP contribution in [0.2, 0.25) is 5.28 Å². The largest absolute Gasteiger partial charge is 0.468 e. The van der Waals surface area contributed by atoms with Crippen LogP contribution >= 0.6 is 34.7 Å². The van der Waals surface area contributed by atoms with E-state index < -0.39 is 0 Å². The fraction of sp³-hybridized carbons (Fsp3) is 0.167. The maximum Gasteiger partial charge on any atom is 0.224 e. The van der Waals surface area contributed by atoms with E-state index in [9.17, 15) is 0 Å². The zero-order chi connectivity index (χ0) is 12.7. The lowest BCUT2D eigenvalue weighted by Gasteiger charge is -2.01. The van der Waals surface area contributed by atoms with Crippen LogP contribution in [-0.4, -0.2) is 9.97 Å². The third-order valence-corrected chi connectivity index (χ3v) is 4.73. The van der Waals surface area contributed by atoms with Crippen LogP contribution in [0, 0.1) is 13.8 Å². The van der Waals surface area contributed by atoms with Gasteiger partial charge in [0.05, 0.1) is 11.2 Å². The lowest BCUT2D eigenvalue weighted by Crippen LogP contribution is -1.86. The number of hydrogen-bond acceptors (Lipinski definition) is 5. The van der Waals surface area contributed by atoms with Gasteiger partial charge in [-0.3, -0.25) is 0 Å². The topological polar surface area (TPSA) is 38.9 Å². The minimum absolute atomic E-state index is 0.285. The predicted molar refractivity (Wildman–Crippen MR) is 74.7 cm³/mol. The van der Waals surface area contributed by atoms with Gasteiger partial charge in [-0.05, 0) is 37.6 Å². The third kappa shape index (κ3) is 2.13. The summed E-state index contributed by atoms with van der Waals surface area (Å²) in [7, 11) is 0. The van der Waals surface area contributed by atoms with Gasteiger partial charge in [-0.15, -0.1) is 11.3 Å². The van der Waals surface area contributed by atoms with Crippen LogP contribution in [0.1, 0.15) is 10.6 Å². The summed E-state index contributed by atoms with van der Waals surface area (Å²) in [5.41, 5.74) is 0. The molecule has 0 atom stereocenters. The zero-order valence-corrected chi connectivity index (χ0v) is 12.1. The van der Waals surface area contributed by atoms with Crippen molar-refractivity contribution >= 4 is 44.9 Å². The standard InChI is InChI=1S/C12H9ClN2OS2/c1-6-5-8-10(17-6)14-12(13)15-11(8)18-9-3-4-16-7(9)2/h3-5H,1-2H3. The summed E-state index contributed by atoms with van der Waals surface area (Å²) in [5.74, 6) is 0.884. The Hall–Kier alpha value is -1.04. The van der Waals surface area contributed by atoms with Crippen molar-refractivity contribution in [2.45, 2.75) is 23.8 Å². The number of halogens is 1. The van der Waals surface area contributed by atoms with Crippen LogP contribution in [0.4, 0.5) is 0 Å². The van der Waals surface area contributed by atoms with Crippen LogP contribution in [0.25, 0.3) is 10.2 Å². The quantitative estimate of drug-likeness (QED) is 0.507. The Morgan fingerprint density at radius 1 is 1.33 bits per heavy atom. The summed E-state index contributed by atoms with van der Waals surface area (Å²) in [6.45, 7) is 3.99. The van der Waals surface area contributed by atoms with Crippen LogP contribution in [-0.2, 0) is 0 Å². The van der Waals surface area contributed by atoms with Gasteiger partial charge in [-0.1, -0.05) is 11.8 Å². The molecule has 0 amide bonds. The number of thiophene rings is 1. The maximum absolute atomic E-state index is 5.96. The number of nitrogens with zero attached hydrogens (tertiary/aromatic N) is 2. The Bertz CT molecular complexity index is 720. The number of furan rings is 1. The first-order valence-corrected chi connectivity index (χ1v) is 7.30. The minimum atomic E-state index is 0.285. The Kier molecular flexibility index (Phi) is 3.05. The van der Waals surface area contributed by atoms with E-state index >= 15 is 0 Å². The Labute approximate surface area is 117 Å². The fourth-order valence-electron chi connectivity index (χ4n) is 1.65. The van der Waals surface area contributed by atoms with Crippen molar-refractivity contribution < 1.29 is 4.42 Å². The summed E-state index contributed by atoms with van der Waals surface area (Å²) >= 11 is 9.14. The van der Waals surface area contributed by atoms with Crippen molar-refractivity contribution in [1.29, 1.82) is 0 Å². The first-order chi connectivity index (χ1) is 8.63. The molecule has 0 spiro atoms. The molecule has 3 nitrogen and oxygen atoms in total. The van der Waals surface area contributed by atoms with E-state index in [0.717, 1.165) is 25.9 Å². The molecule has 0 saturated heterocycles. The predicted octanol–water partition coefficient (Wildman–Crippen LogP) is 4.71.